The molecule has 0 aliphatic heterocycles. The molecule has 0 aliphatic carbocycles. The molecule has 0 aromatic heterocycles. The number of rotatable bonds is 8. The number of carbonyl (C=O) groups excluding carboxylic acids is 1. The van der Waals surface area contributed by atoms with Gasteiger partial charge in [-0.3, -0.25) is 4.79 Å². The summed E-state index contributed by atoms with van der Waals surface area (Å²) in [5.74, 6) is -0.386. The van der Waals surface area contributed by atoms with E-state index in [2.05, 4.69) is 5.32 Å². The lowest BCUT2D eigenvalue weighted by Gasteiger charge is -2.15. The molecule has 0 heterocycles. The first-order valence-electron chi connectivity index (χ1n) is 6.99. The molecule has 0 spiro atoms. The largest absolute Gasteiger partial charge is 0.350 e. The number of unbranched alkanes of at least 4 members (excludes halogenated alkanes) is 3. The van der Waals surface area contributed by atoms with Gasteiger partial charge in [-0.2, -0.15) is 0 Å². The van der Waals surface area contributed by atoms with Crippen LogP contribution in [0, 0.1) is 5.82 Å². The average molecular weight is 301 g/mol. The highest BCUT2D eigenvalue weighted by molar-refractivity contribution is 6.31. The maximum atomic E-state index is 13.0. The summed E-state index contributed by atoms with van der Waals surface area (Å²) >= 11 is 5.97. The third kappa shape index (κ3) is 5.88. The van der Waals surface area contributed by atoms with Crippen LogP contribution in [0.1, 0.15) is 50.6 Å². The summed E-state index contributed by atoms with van der Waals surface area (Å²) in [6.45, 7) is 2.54. The van der Waals surface area contributed by atoms with Crippen LogP contribution >= 0.6 is 11.6 Å². The van der Waals surface area contributed by atoms with Crippen molar-refractivity contribution in [2.45, 2.75) is 45.1 Å². The molecule has 0 fully saturated rings. The van der Waals surface area contributed by atoms with E-state index in [0.717, 1.165) is 31.2 Å². The number of nitrogens with two attached hydrogens (primary N) is 1. The Morgan fingerprint density at radius 2 is 2.05 bits per heavy atom. The normalized spacial score (nSPS) is 12.2. The summed E-state index contributed by atoms with van der Waals surface area (Å²) in [5, 5.41) is 3.21. The van der Waals surface area contributed by atoms with Crippen LogP contribution in [0.5, 0.6) is 0 Å². The monoisotopic (exact) mass is 300 g/mol. The highest BCUT2D eigenvalue weighted by Gasteiger charge is 2.12. The molecule has 20 heavy (non-hydrogen) atoms. The van der Waals surface area contributed by atoms with Crippen LogP contribution < -0.4 is 11.1 Å². The van der Waals surface area contributed by atoms with Gasteiger partial charge in [0.2, 0.25) is 5.91 Å². The molecule has 5 heteroatoms. The number of benzene rings is 1. The maximum absolute atomic E-state index is 13.0. The quantitative estimate of drug-likeness (QED) is 0.721. The van der Waals surface area contributed by atoms with Gasteiger partial charge in [0.1, 0.15) is 5.82 Å². The molecular weight excluding hydrogens is 279 g/mol. The zero-order valence-electron chi connectivity index (χ0n) is 11.8. The van der Waals surface area contributed by atoms with Crippen molar-refractivity contribution in [2.24, 2.45) is 5.73 Å². The molecule has 1 aromatic carbocycles. The van der Waals surface area contributed by atoms with E-state index in [1.165, 1.54) is 12.1 Å². The van der Waals surface area contributed by atoms with Gasteiger partial charge in [0, 0.05) is 11.4 Å². The van der Waals surface area contributed by atoms with Crippen molar-refractivity contribution in [1.29, 1.82) is 0 Å². The van der Waals surface area contributed by atoms with Crippen LogP contribution in [0.15, 0.2) is 18.2 Å². The summed E-state index contributed by atoms with van der Waals surface area (Å²) in [4.78, 5) is 11.8. The number of hydrogen-bond donors (Lipinski definition) is 2. The summed E-state index contributed by atoms with van der Waals surface area (Å²) in [6, 6.07) is 3.98. The Morgan fingerprint density at radius 3 is 2.70 bits per heavy atom. The lowest BCUT2D eigenvalue weighted by atomic mass is 10.1. The molecule has 1 amide bonds. The molecule has 1 unspecified atom stereocenters. The maximum Gasteiger partial charge on any atom is 0.220 e. The standard InChI is InChI=1S/C15H22ClFN2O/c1-11(13-8-7-12(17)10-14(13)16)19-15(20)6-4-2-3-5-9-18/h7-8,10-11H,2-6,9,18H2,1H3,(H,19,20). The molecular formula is C15H22ClFN2O. The SMILES string of the molecule is CC(NC(=O)CCCCCCN)c1ccc(F)cc1Cl. The highest BCUT2D eigenvalue weighted by Crippen LogP contribution is 2.23. The van der Waals surface area contributed by atoms with Crippen molar-refractivity contribution in [3.63, 3.8) is 0 Å². The number of nitrogens with one attached hydrogen (secondary N) is 1. The topological polar surface area (TPSA) is 55.1 Å². The second-order valence-electron chi connectivity index (χ2n) is 4.91. The second-order valence-corrected chi connectivity index (χ2v) is 5.32. The first-order valence-corrected chi connectivity index (χ1v) is 7.36. The first kappa shape index (κ1) is 16.9. The van der Waals surface area contributed by atoms with Crippen molar-refractivity contribution in [2.75, 3.05) is 6.54 Å². The Balaban J connectivity index is 2.37. The van der Waals surface area contributed by atoms with Gasteiger partial charge in [-0.05, 0) is 44.0 Å². The lowest BCUT2D eigenvalue weighted by molar-refractivity contribution is -0.121. The van der Waals surface area contributed by atoms with Gasteiger partial charge in [-0.25, -0.2) is 4.39 Å². The average Bonchev–Trinajstić information content (AvgIpc) is 2.38. The minimum absolute atomic E-state index is 0.00867. The van der Waals surface area contributed by atoms with Crippen molar-refractivity contribution in [3.8, 4) is 0 Å². The molecule has 1 atom stereocenters. The Labute approximate surface area is 124 Å². The minimum Gasteiger partial charge on any atom is -0.350 e. The van der Waals surface area contributed by atoms with Crippen LogP contribution in [0.2, 0.25) is 5.02 Å². The molecule has 0 saturated heterocycles. The van der Waals surface area contributed by atoms with E-state index in [9.17, 15) is 9.18 Å². The van der Waals surface area contributed by atoms with Crippen molar-refractivity contribution in [3.05, 3.63) is 34.6 Å². The van der Waals surface area contributed by atoms with E-state index in [1.54, 1.807) is 6.07 Å². The van der Waals surface area contributed by atoms with Crippen LogP contribution in [0.3, 0.4) is 0 Å². The number of carbonyl (C=O) groups is 1. The van der Waals surface area contributed by atoms with Gasteiger partial charge < -0.3 is 11.1 Å². The van der Waals surface area contributed by atoms with Crippen molar-refractivity contribution >= 4 is 17.5 Å². The fourth-order valence-corrected chi connectivity index (χ4v) is 2.36. The molecule has 112 valence electrons. The molecule has 0 bridgehead atoms. The van der Waals surface area contributed by atoms with Crippen LogP contribution in [0.4, 0.5) is 4.39 Å². The van der Waals surface area contributed by atoms with E-state index in [4.69, 9.17) is 17.3 Å². The van der Waals surface area contributed by atoms with Crippen LogP contribution in [0.25, 0.3) is 0 Å². The fourth-order valence-electron chi connectivity index (χ4n) is 2.03. The molecule has 0 radical (unpaired) electrons. The number of halogens is 2. The number of amides is 1. The molecule has 3 N–H and O–H groups in total. The summed E-state index contributed by atoms with van der Waals surface area (Å²) < 4.78 is 13.0. The van der Waals surface area contributed by atoms with E-state index in [-0.39, 0.29) is 17.8 Å². The molecule has 0 aliphatic rings. The van der Waals surface area contributed by atoms with Gasteiger partial charge in [0.15, 0.2) is 0 Å². The Kier molecular flexibility index (Phi) is 7.55. The van der Waals surface area contributed by atoms with Crippen molar-refractivity contribution in [1.82, 2.24) is 5.32 Å². The van der Waals surface area contributed by atoms with E-state index < -0.39 is 0 Å². The zero-order chi connectivity index (χ0) is 15.0. The Bertz CT molecular complexity index is 440. The summed E-state index contributed by atoms with van der Waals surface area (Å²) in [5.41, 5.74) is 6.13. The summed E-state index contributed by atoms with van der Waals surface area (Å²) in [7, 11) is 0. The van der Waals surface area contributed by atoms with Crippen LogP contribution in [-0.4, -0.2) is 12.5 Å². The molecule has 1 aromatic rings. The van der Waals surface area contributed by atoms with Crippen molar-refractivity contribution < 1.29 is 9.18 Å². The summed E-state index contributed by atoms with van der Waals surface area (Å²) in [6.07, 6.45) is 4.42. The minimum atomic E-state index is -0.378. The molecule has 0 saturated carbocycles. The lowest BCUT2D eigenvalue weighted by Crippen LogP contribution is -2.26. The predicted molar refractivity (Wildman–Crippen MR) is 80.1 cm³/mol. The van der Waals surface area contributed by atoms with Gasteiger partial charge in [-0.1, -0.05) is 30.5 Å². The number of hydrogen-bond acceptors (Lipinski definition) is 2. The third-order valence-electron chi connectivity index (χ3n) is 3.16. The van der Waals surface area contributed by atoms with Gasteiger partial charge >= 0.3 is 0 Å². The first-order chi connectivity index (χ1) is 9.54. The predicted octanol–water partition coefficient (Wildman–Crippen LogP) is 3.57. The fraction of sp³-hybridized carbons (Fsp3) is 0.533. The second kappa shape index (κ2) is 8.93. The molecule has 1 rings (SSSR count). The smallest absolute Gasteiger partial charge is 0.220 e. The zero-order valence-corrected chi connectivity index (χ0v) is 12.5. The Morgan fingerprint density at radius 1 is 1.35 bits per heavy atom. The van der Waals surface area contributed by atoms with Gasteiger partial charge in [0.25, 0.3) is 0 Å². The van der Waals surface area contributed by atoms with Crippen LogP contribution in [-0.2, 0) is 4.79 Å². The van der Waals surface area contributed by atoms with E-state index >= 15 is 0 Å². The third-order valence-corrected chi connectivity index (χ3v) is 3.49. The van der Waals surface area contributed by atoms with E-state index in [0.29, 0.717) is 18.0 Å². The van der Waals surface area contributed by atoms with E-state index in [1.807, 2.05) is 6.92 Å². The highest BCUT2D eigenvalue weighted by atomic mass is 35.5. The van der Waals surface area contributed by atoms with Gasteiger partial charge in [0.05, 0.1) is 6.04 Å². The Hall–Kier alpha value is -1.13. The molecule has 3 nitrogen and oxygen atoms in total. The van der Waals surface area contributed by atoms with Gasteiger partial charge in [-0.15, -0.1) is 0 Å².